The van der Waals surface area contributed by atoms with Gasteiger partial charge in [-0.05, 0) is 0 Å². The van der Waals surface area contributed by atoms with Crippen molar-refractivity contribution in [3.8, 4) is 0 Å². The summed E-state index contributed by atoms with van der Waals surface area (Å²) >= 11 is 0. The largest absolute Gasteiger partial charge is 0.387 e. The Morgan fingerprint density at radius 3 is 2.29 bits per heavy atom. The Hall–Kier alpha value is -0.240. The normalized spacial score (nSPS) is 53.1. The smallest absolute Gasteiger partial charge is 0.186 e. The van der Waals surface area contributed by atoms with Crippen molar-refractivity contribution in [1.29, 1.82) is 0 Å². The summed E-state index contributed by atoms with van der Waals surface area (Å²) in [4.78, 5) is 0. The third kappa shape index (κ3) is 1.65. The van der Waals surface area contributed by atoms with Gasteiger partial charge in [0, 0.05) is 7.11 Å². The lowest BCUT2D eigenvalue weighted by atomic mass is 9.97. The van der Waals surface area contributed by atoms with Crippen LogP contribution in [0, 0.1) is 0 Å². The van der Waals surface area contributed by atoms with Gasteiger partial charge in [0.25, 0.3) is 0 Å². The zero-order chi connectivity index (χ0) is 10.3. The molecule has 82 valence electrons. The Morgan fingerprint density at radius 1 is 1.14 bits per heavy atom. The van der Waals surface area contributed by atoms with E-state index in [0.717, 1.165) is 0 Å². The van der Waals surface area contributed by atoms with E-state index in [4.69, 9.17) is 14.2 Å². The minimum Gasteiger partial charge on any atom is -0.387 e. The molecule has 6 nitrogen and oxygen atoms in total. The van der Waals surface area contributed by atoms with E-state index in [2.05, 4.69) is 0 Å². The molecule has 0 aromatic heterocycles. The molecule has 2 aliphatic heterocycles. The first-order valence-electron chi connectivity index (χ1n) is 4.49. The van der Waals surface area contributed by atoms with Gasteiger partial charge in [-0.25, -0.2) is 0 Å². The molecule has 6 heteroatoms. The highest BCUT2D eigenvalue weighted by atomic mass is 16.7. The molecule has 14 heavy (non-hydrogen) atoms. The third-order valence-corrected chi connectivity index (χ3v) is 2.56. The lowest BCUT2D eigenvalue weighted by molar-refractivity contribution is -0.292. The molecular weight excluding hydrogens is 192 g/mol. The number of epoxide rings is 1. The summed E-state index contributed by atoms with van der Waals surface area (Å²) in [6.45, 7) is 0.501. The summed E-state index contributed by atoms with van der Waals surface area (Å²) in [6.07, 6.45) is -5.37. The van der Waals surface area contributed by atoms with Gasteiger partial charge in [-0.1, -0.05) is 0 Å². The van der Waals surface area contributed by atoms with Crippen molar-refractivity contribution < 1.29 is 29.5 Å². The maximum Gasteiger partial charge on any atom is 0.186 e. The number of hydrogen-bond acceptors (Lipinski definition) is 6. The summed E-state index contributed by atoms with van der Waals surface area (Å²) in [5.74, 6) is 0. The Kier molecular flexibility index (Phi) is 2.74. The van der Waals surface area contributed by atoms with Gasteiger partial charge in [0.1, 0.15) is 30.5 Å². The average Bonchev–Trinajstić information content (AvgIpc) is 2.98. The second-order valence-electron chi connectivity index (χ2n) is 3.55. The summed E-state index contributed by atoms with van der Waals surface area (Å²) in [5.41, 5.74) is 0. The Bertz CT molecular complexity index is 204. The van der Waals surface area contributed by atoms with Gasteiger partial charge in [0.2, 0.25) is 0 Å². The molecule has 2 aliphatic rings. The van der Waals surface area contributed by atoms with Gasteiger partial charge in [0.05, 0.1) is 6.61 Å². The number of aliphatic hydroxyl groups is 3. The van der Waals surface area contributed by atoms with E-state index < -0.39 is 30.7 Å². The topological polar surface area (TPSA) is 91.7 Å². The summed E-state index contributed by atoms with van der Waals surface area (Å²) < 4.78 is 15.0. The number of ether oxygens (including phenoxy) is 3. The van der Waals surface area contributed by atoms with Crippen LogP contribution >= 0.6 is 0 Å². The van der Waals surface area contributed by atoms with Crippen LogP contribution in [0.3, 0.4) is 0 Å². The van der Waals surface area contributed by atoms with E-state index in [0.29, 0.717) is 6.61 Å². The molecular formula is C8H14O6. The van der Waals surface area contributed by atoms with Crippen LogP contribution in [0.25, 0.3) is 0 Å². The Morgan fingerprint density at radius 2 is 1.79 bits per heavy atom. The molecule has 2 saturated heterocycles. The number of methoxy groups -OCH3 is 1. The van der Waals surface area contributed by atoms with Crippen molar-refractivity contribution in [3.63, 3.8) is 0 Å². The first kappa shape index (κ1) is 10.3. The molecule has 0 aliphatic carbocycles. The van der Waals surface area contributed by atoms with E-state index in [9.17, 15) is 15.3 Å². The summed E-state index contributed by atoms with van der Waals surface area (Å²) in [6, 6.07) is 0. The van der Waals surface area contributed by atoms with Crippen LogP contribution in [0.15, 0.2) is 0 Å². The van der Waals surface area contributed by atoms with E-state index in [-0.39, 0.29) is 6.10 Å². The van der Waals surface area contributed by atoms with Gasteiger partial charge < -0.3 is 29.5 Å². The van der Waals surface area contributed by atoms with Crippen molar-refractivity contribution in [2.75, 3.05) is 13.7 Å². The van der Waals surface area contributed by atoms with Crippen LogP contribution in [0.5, 0.6) is 0 Å². The second-order valence-corrected chi connectivity index (χ2v) is 3.55. The highest BCUT2D eigenvalue weighted by molar-refractivity contribution is 4.96. The molecule has 2 heterocycles. The number of aliphatic hydroxyl groups excluding tert-OH is 3. The van der Waals surface area contributed by atoms with Crippen molar-refractivity contribution >= 4 is 0 Å². The fourth-order valence-electron chi connectivity index (χ4n) is 1.62. The zero-order valence-corrected chi connectivity index (χ0v) is 7.74. The predicted octanol–water partition coefficient (Wildman–Crippen LogP) is -2.16. The van der Waals surface area contributed by atoms with Gasteiger partial charge in [0.15, 0.2) is 6.29 Å². The summed E-state index contributed by atoms with van der Waals surface area (Å²) in [5, 5.41) is 28.5. The van der Waals surface area contributed by atoms with Gasteiger partial charge >= 0.3 is 0 Å². The van der Waals surface area contributed by atoms with Crippen molar-refractivity contribution in [2.24, 2.45) is 0 Å². The minimum atomic E-state index is -1.26. The standard InChI is InChI=1S/C8H14O6/c1-12-8-6(11)4(9)5(10)7(14-8)3-2-13-3/h3-11H,2H2,1H3/t3-,4+,5+,6-,7-,8+/m1/s1. The minimum absolute atomic E-state index is 0.204. The third-order valence-electron chi connectivity index (χ3n) is 2.56. The number of rotatable bonds is 2. The van der Waals surface area contributed by atoms with Crippen LogP contribution in [0.2, 0.25) is 0 Å². The van der Waals surface area contributed by atoms with Crippen LogP contribution < -0.4 is 0 Å². The molecule has 0 aromatic rings. The van der Waals surface area contributed by atoms with E-state index in [1.54, 1.807) is 0 Å². The predicted molar refractivity (Wildman–Crippen MR) is 43.4 cm³/mol. The lowest BCUT2D eigenvalue weighted by Crippen LogP contribution is -2.59. The molecule has 3 N–H and O–H groups in total. The van der Waals surface area contributed by atoms with Crippen LogP contribution in [-0.2, 0) is 14.2 Å². The van der Waals surface area contributed by atoms with Crippen LogP contribution in [-0.4, -0.2) is 65.8 Å². The Balaban J connectivity index is 2.05. The zero-order valence-electron chi connectivity index (χ0n) is 7.74. The molecule has 0 unspecified atom stereocenters. The molecule has 2 rings (SSSR count). The second kappa shape index (κ2) is 3.73. The van der Waals surface area contributed by atoms with Gasteiger partial charge in [-0.15, -0.1) is 0 Å². The van der Waals surface area contributed by atoms with E-state index >= 15 is 0 Å². The first-order chi connectivity index (χ1) is 6.65. The fraction of sp³-hybridized carbons (Fsp3) is 1.00. The highest BCUT2D eigenvalue weighted by Crippen LogP contribution is 2.29. The molecule has 0 saturated carbocycles. The lowest BCUT2D eigenvalue weighted by Gasteiger charge is -2.39. The molecule has 0 radical (unpaired) electrons. The van der Waals surface area contributed by atoms with Gasteiger partial charge in [-0.2, -0.15) is 0 Å². The maximum absolute atomic E-state index is 9.56. The quantitative estimate of drug-likeness (QED) is 0.446. The molecule has 0 bridgehead atoms. The SMILES string of the molecule is CO[C@H]1O[C@H]([C@H]2CO2)[C@@H](O)[C@H](O)[C@H]1O. The monoisotopic (exact) mass is 206 g/mol. The molecule has 2 fully saturated rings. The van der Waals surface area contributed by atoms with Crippen molar-refractivity contribution in [1.82, 2.24) is 0 Å². The molecule has 0 aromatic carbocycles. The van der Waals surface area contributed by atoms with Crippen LogP contribution in [0.4, 0.5) is 0 Å². The molecule has 0 amide bonds. The number of hydrogen-bond donors (Lipinski definition) is 3. The maximum atomic E-state index is 9.56. The molecule has 6 atom stereocenters. The van der Waals surface area contributed by atoms with Crippen LogP contribution in [0.1, 0.15) is 0 Å². The average molecular weight is 206 g/mol. The van der Waals surface area contributed by atoms with Crippen molar-refractivity contribution in [3.05, 3.63) is 0 Å². The Labute approximate surface area is 81.0 Å². The highest BCUT2D eigenvalue weighted by Gasteiger charge is 2.50. The van der Waals surface area contributed by atoms with E-state index in [1.165, 1.54) is 7.11 Å². The molecule has 0 spiro atoms. The van der Waals surface area contributed by atoms with Crippen molar-refractivity contribution in [2.45, 2.75) is 36.8 Å². The fourth-order valence-corrected chi connectivity index (χ4v) is 1.62. The first-order valence-corrected chi connectivity index (χ1v) is 4.49. The van der Waals surface area contributed by atoms with Gasteiger partial charge in [-0.3, -0.25) is 0 Å². The van der Waals surface area contributed by atoms with E-state index in [1.807, 2.05) is 0 Å². The summed E-state index contributed by atoms with van der Waals surface area (Å²) in [7, 11) is 1.36.